The number of nitrogens with one attached hydrogen (secondary N) is 1. The standard InChI is InChI=1S/C8H10N2O2/c1-6-2-4-7(5-3-6)10-8(11)12-9/h2,4-5H,1,3,9H2,(H,10,11). The van der Waals surface area contributed by atoms with Gasteiger partial charge in [-0.1, -0.05) is 24.3 Å². The van der Waals surface area contributed by atoms with Gasteiger partial charge in [0.2, 0.25) is 0 Å². The van der Waals surface area contributed by atoms with Crippen LogP contribution < -0.4 is 11.2 Å². The molecular weight excluding hydrogens is 156 g/mol. The first-order valence-electron chi connectivity index (χ1n) is 3.46. The fourth-order valence-electron chi connectivity index (χ4n) is 0.825. The zero-order valence-electron chi connectivity index (χ0n) is 6.54. The minimum Gasteiger partial charge on any atom is -0.357 e. The summed E-state index contributed by atoms with van der Waals surface area (Å²) in [5.41, 5.74) is 1.68. The van der Waals surface area contributed by atoms with Crippen LogP contribution in [0.2, 0.25) is 0 Å². The van der Waals surface area contributed by atoms with Gasteiger partial charge in [0, 0.05) is 5.70 Å². The molecule has 1 rings (SSSR count). The van der Waals surface area contributed by atoms with E-state index >= 15 is 0 Å². The molecule has 0 unspecified atom stereocenters. The topological polar surface area (TPSA) is 64.3 Å². The average Bonchev–Trinajstić information content (AvgIpc) is 2.09. The third-order valence-corrected chi connectivity index (χ3v) is 1.44. The number of nitrogens with two attached hydrogens (primary N) is 1. The van der Waals surface area contributed by atoms with Gasteiger partial charge in [0.1, 0.15) is 0 Å². The molecular formula is C8H10N2O2. The second-order valence-electron chi connectivity index (χ2n) is 2.39. The lowest BCUT2D eigenvalue weighted by molar-refractivity contribution is 0.151. The Hall–Kier alpha value is -1.55. The van der Waals surface area contributed by atoms with E-state index in [1.54, 1.807) is 6.08 Å². The predicted octanol–water partition coefficient (Wildman–Crippen LogP) is 0.986. The maximum Gasteiger partial charge on any atom is 0.430 e. The summed E-state index contributed by atoms with van der Waals surface area (Å²) >= 11 is 0. The van der Waals surface area contributed by atoms with E-state index < -0.39 is 6.09 Å². The Morgan fingerprint density at radius 2 is 2.42 bits per heavy atom. The van der Waals surface area contributed by atoms with Crippen LogP contribution in [0, 0.1) is 0 Å². The van der Waals surface area contributed by atoms with Crippen molar-refractivity contribution < 1.29 is 9.63 Å². The normalized spacial score (nSPS) is 15.4. The second kappa shape index (κ2) is 3.73. The third-order valence-electron chi connectivity index (χ3n) is 1.44. The quantitative estimate of drug-likeness (QED) is 0.571. The highest BCUT2D eigenvalue weighted by Gasteiger charge is 2.03. The molecule has 0 radical (unpaired) electrons. The Balaban J connectivity index is 2.50. The Morgan fingerprint density at radius 1 is 1.67 bits per heavy atom. The third kappa shape index (κ3) is 2.25. The fourth-order valence-corrected chi connectivity index (χ4v) is 0.825. The van der Waals surface area contributed by atoms with Crippen LogP contribution in [0.1, 0.15) is 6.42 Å². The maximum atomic E-state index is 10.6. The lowest BCUT2D eigenvalue weighted by atomic mass is 10.1. The molecule has 3 N–H and O–H groups in total. The van der Waals surface area contributed by atoms with Crippen LogP contribution in [0.25, 0.3) is 0 Å². The number of carbonyl (C=O) groups is 1. The van der Waals surface area contributed by atoms with Gasteiger partial charge in [0.15, 0.2) is 0 Å². The van der Waals surface area contributed by atoms with Crippen LogP contribution in [-0.2, 0) is 4.84 Å². The summed E-state index contributed by atoms with van der Waals surface area (Å²) in [5, 5.41) is 2.44. The van der Waals surface area contributed by atoms with Crippen LogP contribution in [0.3, 0.4) is 0 Å². The largest absolute Gasteiger partial charge is 0.430 e. The number of allylic oxidation sites excluding steroid dienone is 4. The zero-order chi connectivity index (χ0) is 8.97. The molecule has 0 bridgehead atoms. The van der Waals surface area contributed by atoms with Crippen molar-refractivity contribution in [3.8, 4) is 0 Å². The molecule has 4 nitrogen and oxygen atoms in total. The van der Waals surface area contributed by atoms with E-state index in [1.807, 2.05) is 12.2 Å². The molecule has 64 valence electrons. The number of hydrogen-bond acceptors (Lipinski definition) is 3. The summed E-state index contributed by atoms with van der Waals surface area (Å²) in [4.78, 5) is 14.5. The lowest BCUT2D eigenvalue weighted by Crippen LogP contribution is -2.25. The molecule has 0 fully saturated rings. The van der Waals surface area contributed by atoms with Gasteiger partial charge in [-0.15, -0.1) is 0 Å². The molecule has 12 heavy (non-hydrogen) atoms. The van der Waals surface area contributed by atoms with Crippen LogP contribution in [0.4, 0.5) is 4.79 Å². The van der Waals surface area contributed by atoms with Crippen LogP contribution in [0.15, 0.2) is 36.1 Å². The monoisotopic (exact) mass is 166 g/mol. The van der Waals surface area contributed by atoms with Gasteiger partial charge >= 0.3 is 6.09 Å². The Labute approximate surface area is 70.3 Å². The van der Waals surface area contributed by atoms with Gasteiger partial charge in [0.25, 0.3) is 0 Å². The minimum absolute atomic E-state index is 0.668. The minimum atomic E-state index is -0.668. The van der Waals surface area contributed by atoms with Crippen molar-refractivity contribution in [2.75, 3.05) is 0 Å². The van der Waals surface area contributed by atoms with Crippen molar-refractivity contribution in [3.05, 3.63) is 36.1 Å². The van der Waals surface area contributed by atoms with Crippen molar-refractivity contribution in [3.63, 3.8) is 0 Å². The van der Waals surface area contributed by atoms with Crippen molar-refractivity contribution >= 4 is 6.09 Å². The van der Waals surface area contributed by atoms with E-state index in [4.69, 9.17) is 0 Å². The number of carbonyl (C=O) groups excluding carboxylic acids is 1. The van der Waals surface area contributed by atoms with Crippen LogP contribution in [-0.4, -0.2) is 6.09 Å². The van der Waals surface area contributed by atoms with E-state index in [2.05, 4.69) is 22.6 Å². The van der Waals surface area contributed by atoms with E-state index in [9.17, 15) is 4.79 Å². The molecule has 0 aromatic rings. The molecule has 0 aliphatic heterocycles. The predicted molar refractivity (Wildman–Crippen MR) is 44.8 cm³/mol. The van der Waals surface area contributed by atoms with Gasteiger partial charge < -0.3 is 4.84 Å². The van der Waals surface area contributed by atoms with E-state index in [0.29, 0.717) is 5.70 Å². The first-order valence-corrected chi connectivity index (χ1v) is 3.46. The van der Waals surface area contributed by atoms with Crippen molar-refractivity contribution in [2.45, 2.75) is 6.42 Å². The van der Waals surface area contributed by atoms with E-state index in [0.717, 1.165) is 12.0 Å². The molecule has 1 aliphatic carbocycles. The number of hydrogen-bond donors (Lipinski definition) is 2. The summed E-state index contributed by atoms with van der Waals surface area (Å²) in [5.74, 6) is 4.64. The smallest absolute Gasteiger partial charge is 0.357 e. The highest BCUT2D eigenvalue weighted by molar-refractivity contribution is 5.70. The van der Waals surface area contributed by atoms with Crippen LogP contribution in [0.5, 0.6) is 0 Å². The molecule has 0 heterocycles. The van der Waals surface area contributed by atoms with E-state index in [-0.39, 0.29) is 0 Å². The summed E-state index contributed by atoms with van der Waals surface area (Å²) in [6, 6.07) is 0. The van der Waals surface area contributed by atoms with Gasteiger partial charge in [-0.25, -0.2) is 4.79 Å². The molecule has 0 atom stereocenters. The van der Waals surface area contributed by atoms with Gasteiger partial charge in [-0.2, -0.15) is 5.90 Å². The van der Waals surface area contributed by atoms with Gasteiger partial charge in [-0.3, -0.25) is 5.32 Å². The van der Waals surface area contributed by atoms with Crippen molar-refractivity contribution in [1.82, 2.24) is 5.32 Å². The zero-order valence-corrected chi connectivity index (χ0v) is 6.54. The highest BCUT2D eigenvalue weighted by Crippen LogP contribution is 2.11. The first kappa shape index (κ1) is 8.55. The van der Waals surface area contributed by atoms with E-state index in [1.165, 1.54) is 0 Å². The molecule has 0 aromatic carbocycles. The Bertz CT molecular complexity index is 266. The molecule has 1 aliphatic rings. The fraction of sp³-hybridized carbons (Fsp3) is 0.125. The van der Waals surface area contributed by atoms with Crippen molar-refractivity contribution in [2.24, 2.45) is 5.90 Å². The highest BCUT2D eigenvalue weighted by atomic mass is 16.7. The molecule has 0 spiro atoms. The maximum absolute atomic E-state index is 10.6. The lowest BCUT2D eigenvalue weighted by Gasteiger charge is -2.08. The Morgan fingerprint density at radius 3 is 2.92 bits per heavy atom. The number of amides is 1. The van der Waals surface area contributed by atoms with Crippen LogP contribution >= 0.6 is 0 Å². The SMILES string of the molecule is C=C1C=CC(NC(=O)ON)=CC1. The molecule has 1 amide bonds. The number of rotatable bonds is 1. The summed E-state index contributed by atoms with van der Waals surface area (Å²) in [6.45, 7) is 3.75. The average molecular weight is 166 g/mol. The molecule has 0 saturated carbocycles. The Kier molecular flexibility index (Phi) is 2.66. The second-order valence-corrected chi connectivity index (χ2v) is 2.39. The molecule has 0 aromatic heterocycles. The van der Waals surface area contributed by atoms with Gasteiger partial charge in [0.05, 0.1) is 0 Å². The van der Waals surface area contributed by atoms with Crippen molar-refractivity contribution in [1.29, 1.82) is 0 Å². The molecule has 0 saturated heterocycles. The summed E-state index contributed by atoms with van der Waals surface area (Å²) in [7, 11) is 0. The van der Waals surface area contributed by atoms with Gasteiger partial charge in [-0.05, 0) is 12.5 Å². The first-order chi connectivity index (χ1) is 5.72. The molecule has 4 heteroatoms. The summed E-state index contributed by atoms with van der Waals surface area (Å²) in [6.07, 6.45) is 5.46. The summed E-state index contributed by atoms with van der Waals surface area (Å²) < 4.78 is 0.